The molecule has 1 aliphatic rings. The molecule has 0 saturated carbocycles. The summed E-state index contributed by atoms with van der Waals surface area (Å²) in [5.74, 6) is -0.781. The van der Waals surface area contributed by atoms with Crippen LogP contribution in [0.3, 0.4) is 0 Å². The van der Waals surface area contributed by atoms with Gasteiger partial charge >= 0.3 is 0 Å². The van der Waals surface area contributed by atoms with Crippen molar-refractivity contribution in [1.29, 1.82) is 0 Å². The van der Waals surface area contributed by atoms with Gasteiger partial charge in [-0.15, -0.1) is 0 Å². The lowest BCUT2D eigenvalue weighted by Crippen LogP contribution is -2.55. The molecular formula is C17H22N2O3. The summed E-state index contributed by atoms with van der Waals surface area (Å²) in [5, 5.41) is 2.73. The minimum absolute atomic E-state index is 0.157. The Hall–Kier alpha value is -2.17. The van der Waals surface area contributed by atoms with Gasteiger partial charge in [-0.3, -0.25) is 19.3 Å². The van der Waals surface area contributed by atoms with E-state index in [0.717, 1.165) is 5.56 Å². The number of rotatable bonds is 5. The van der Waals surface area contributed by atoms with Crippen LogP contribution < -0.4 is 5.32 Å². The van der Waals surface area contributed by atoms with Crippen molar-refractivity contribution in [3.63, 3.8) is 0 Å². The summed E-state index contributed by atoms with van der Waals surface area (Å²) in [5.41, 5.74) is 1.08. The van der Waals surface area contributed by atoms with Gasteiger partial charge in [0, 0.05) is 18.9 Å². The van der Waals surface area contributed by atoms with Crippen molar-refractivity contribution in [3.05, 3.63) is 35.9 Å². The average Bonchev–Trinajstić information content (AvgIpc) is 2.50. The molecule has 2 rings (SSSR count). The van der Waals surface area contributed by atoms with Gasteiger partial charge in [0.2, 0.25) is 11.8 Å². The Morgan fingerprint density at radius 3 is 2.59 bits per heavy atom. The van der Waals surface area contributed by atoms with E-state index in [2.05, 4.69) is 5.32 Å². The first-order chi connectivity index (χ1) is 10.5. The molecule has 1 saturated heterocycles. The third-order valence-electron chi connectivity index (χ3n) is 3.82. The lowest BCUT2D eigenvalue weighted by atomic mass is 10.0. The third-order valence-corrected chi connectivity index (χ3v) is 3.82. The van der Waals surface area contributed by atoms with Gasteiger partial charge in [-0.05, 0) is 18.4 Å². The molecule has 1 aliphatic heterocycles. The topological polar surface area (TPSA) is 66.5 Å². The Morgan fingerprint density at radius 2 is 1.95 bits per heavy atom. The Balaban J connectivity index is 1.98. The zero-order chi connectivity index (χ0) is 16.1. The van der Waals surface area contributed by atoms with E-state index in [1.165, 1.54) is 4.90 Å². The van der Waals surface area contributed by atoms with Gasteiger partial charge in [0.15, 0.2) is 0 Å². The Labute approximate surface area is 130 Å². The van der Waals surface area contributed by atoms with E-state index in [-0.39, 0.29) is 23.6 Å². The van der Waals surface area contributed by atoms with Crippen LogP contribution >= 0.6 is 0 Å². The number of piperidine rings is 1. The molecule has 5 heteroatoms. The highest BCUT2D eigenvalue weighted by atomic mass is 16.2. The average molecular weight is 302 g/mol. The lowest BCUT2D eigenvalue weighted by Gasteiger charge is -2.31. The summed E-state index contributed by atoms with van der Waals surface area (Å²) in [6, 6.07) is 9.15. The maximum Gasteiger partial charge on any atom is 0.251 e. The van der Waals surface area contributed by atoms with E-state index in [1.807, 2.05) is 30.3 Å². The van der Waals surface area contributed by atoms with Gasteiger partial charge in [-0.25, -0.2) is 0 Å². The number of imide groups is 1. The van der Waals surface area contributed by atoms with Gasteiger partial charge in [-0.2, -0.15) is 0 Å². The van der Waals surface area contributed by atoms with Gasteiger partial charge in [0.25, 0.3) is 5.91 Å². The van der Waals surface area contributed by atoms with Crippen LogP contribution in [0.1, 0.15) is 32.3 Å². The van der Waals surface area contributed by atoms with Gasteiger partial charge in [0.1, 0.15) is 6.04 Å². The van der Waals surface area contributed by atoms with Crippen LogP contribution in [0.25, 0.3) is 0 Å². The molecule has 1 aromatic rings. The highest BCUT2D eigenvalue weighted by molar-refractivity contribution is 6.01. The van der Waals surface area contributed by atoms with Crippen molar-refractivity contribution in [2.24, 2.45) is 5.92 Å². The molecular weight excluding hydrogens is 280 g/mol. The highest BCUT2D eigenvalue weighted by Crippen LogP contribution is 2.15. The fraction of sp³-hybridized carbons (Fsp3) is 0.471. The van der Waals surface area contributed by atoms with E-state index >= 15 is 0 Å². The zero-order valence-corrected chi connectivity index (χ0v) is 13.0. The van der Waals surface area contributed by atoms with Crippen LogP contribution in [0.2, 0.25) is 0 Å². The van der Waals surface area contributed by atoms with Crippen LogP contribution in [0.15, 0.2) is 30.3 Å². The standard InChI is InChI=1S/C17H22N2O3/c1-12(2)16(21)18-14-8-9-15(20)19(17(14)22)11-10-13-6-4-3-5-7-13/h3-7,12,14H,8-11H2,1-2H3,(H,18,21). The maximum atomic E-state index is 12.4. The maximum absolute atomic E-state index is 12.4. The second-order valence-electron chi connectivity index (χ2n) is 5.87. The van der Waals surface area contributed by atoms with Crippen LogP contribution in [0, 0.1) is 5.92 Å². The van der Waals surface area contributed by atoms with E-state index < -0.39 is 6.04 Å². The molecule has 1 heterocycles. The minimum Gasteiger partial charge on any atom is -0.344 e. The fourth-order valence-corrected chi connectivity index (χ4v) is 2.43. The van der Waals surface area contributed by atoms with E-state index in [4.69, 9.17) is 0 Å². The van der Waals surface area contributed by atoms with Crippen molar-refractivity contribution in [1.82, 2.24) is 10.2 Å². The van der Waals surface area contributed by atoms with Crippen molar-refractivity contribution in [2.45, 2.75) is 39.2 Å². The molecule has 1 N–H and O–H groups in total. The number of benzene rings is 1. The summed E-state index contributed by atoms with van der Waals surface area (Å²) in [6.45, 7) is 3.91. The first kappa shape index (κ1) is 16.2. The number of hydrogen-bond donors (Lipinski definition) is 1. The van der Waals surface area contributed by atoms with Gasteiger partial charge in [0.05, 0.1) is 0 Å². The SMILES string of the molecule is CC(C)C(=O)NC1CCC(=O)N(CCc2ccccc2)C1=O. The van der Waals surface area contributed by atoms with Crippen LogP contribution in [0.4, 0.5) is 0 Å². The monoisotopic (exact) mass is 302 g/mol. The first-order valence-corrected chi connectivity index (χ1v) is 7.67. The lowest BCUT2D eigenvalue weighted by molar-refractivity contribution is -0.151. The molecule has 1 atom stereocenters. The number of amides is 3. The second-order valence-corrected chi connectivity index (χ2v) is 5.87. The van der Waals surface area contributed by atoms with Crippen LogP contribution in [-0.4, -0.2) is 35.2 Å². The second kappa shape index (κ2) is 7.20. The van der Waals surface area contributed by atoms with E-state index in [1.54, 1.807) is 13.8 Å². The van der Waals surface area contributed by atoms with Gasteiger partial charge in [-0.1, -0.05) is 44.2 Å². The molecule has 0 aromatic heterocycles. The molecule has 3 amide bonds. The van der Waals surface area contributed by atoms with E-state index in [9.17, 15) is 14.4 Å². The molecule has 0 radical (unpaired) electrons. The number of carbonyl (C=O) groups is 3. The van der Waals surface area contributed by atoms with E-state index in [0.29, 0.717) is 25.8 Å². The molecule has 0 aliphatic carbocycles. The van der Waals surface area contributed by atoms with Crippen LogP contribution in [-0.2, 0) is 20.8 Å². The smallest absolute Gasteiger partial charge is 0.251 e. The van der Waals surface area contributed by atoms with Crippen molar-refractivity contribution in [2.75, 3.05) is 6.54 Å². The predicted octanol–water partition coefficient (Wildman–Crippen LogP) is 1.52. The largest absolute Gasteiger partial charge is 0.344 e. The molecule has 0 bridgehead atoms. The Kier molecular flexibility index (Phi) is 5.31. The molecule has 5 nitrogen and oxygen atoms in total. The number of likely N-dealkylation sites (tertiary alicyclic amines) is 1. The number of nitrogens with one attached hydrogen (secondary N) is 1. The Morgan fingerprint density at radius 1 is 1.27 bits per heavy atom. The number of carbonyl (C=O) groups excluding carboxylic acids is 3. The number of nitrogens with zero attached hydrogens (tertiary/aromatic N) is 1. The fourth-order valence-electron chi connectivity index (χ4n) is 2.43. The molecule has 118 valence electrons. The molecule has 1 aromatic carbocycles. The molecule has 0 spiro atoms. The summed E-state index contributed by atoms with van der Waals surface area (Å²) in [4.78, 5) is 37.4. The van der Waals surface area contributed by atoms with Crippen molar-refractivity contribution in [3.8, 4) is 0 Å². The summed E-state index contributed by atoms with van der Waals surface area (Å²) in [7, 11) is 0. The zero-order valence-electron chi connectivity index (χ0n) is 13.0. The first-order valence-electron chi connectivity index (χ1n) is 7.67. The van der Waals surface area contributed by atoms with Crippen molar-refractivity contribution >= 4 is 17.7 Å². The predicted molar refractivity (Wildman–Crippen MR) is 82.9 cm³/mol. The quantitative estimate of drug-likeness (QED) is 0.839. The van der Waals surface area contributed by atoms with Gasteiger partial charge < -0.3 is 5.32 Å². The summed E-state index contributed by atoms with van der Waals surface area (Å²) in [6.07, 6.45) is 1.31. The summed E-state index contributed by atoms with van der Waals surface area (Å²) >= 11 is 0. The van der Waals surface area contributed by atoms with Crippen LogP contribution in [0.5, 0.6) is 0 Å². The third kappa shape index (κ3) is 3.93. The Bertz CT molecular complexity index is 554. The number of hydrogen-bond acceptors (Lipinski definition) is 3. The minimum atomic E-state index is -0.580. The summed E-state index contributed by atoms with van der Waals surface area (Å²) < 4.78 is 0. The van der Waals surface area contributed by atoms with Crippen molar-refractivity contribution < 1.29 is 14.4 Å². The molecule has 22 heavy (non-hydrogen) atoms. The highest BCUT2D eigenvalue weighted by Gasteiger charge is 2.35. The normalized spacial score (nSPS) is 18.7. The molecule has 1 fully saturated rings. The molecule has 1 unspecified atom stereocenters.